The minimum atomic E-state index is 0.179. The predicted molar refractivity (Wildman–Crippen MR) is 92.7 cm³/mol. The number of benzene rings is 2. The maximum absolute atomic E-state index is 12.1. The molecule has 2 aromatic carbocycles. The van der Waals surface area contributed by atoms with Gasteiger partial charge >= 0.3 is 0 Å². The lowest BCUT2D eigenvalue weighted by atomic mass is 9.85. The van der Waals surface area contributed by atoms with Crippen LogP contribution in [0.25, 0.3) is 0 Å². The topological polar surface area (TPSA) is 38.3 Å². The molecule has 0 unspecified atom stereocenters. The summed E-state index contributed by atoms with van der Waals surface area (Å²) in [5.74, 6) is 1.28. The molecule has 0 saturated heterocycles. The second kappa shape index (κ2) is 7.14. The average Bonchev–Trinajstić information content (AvgIpc) is 2.57. The van der Waals surface area contributed by atoms with Gasteiger partial charge < -0.3 is 10.1 Å². The Kier molecular flexibility index (Phi) is 4.77. The molecule has 0 radical (unpaired) electrons. The lowest BCUT2D eigenvalue weighted by Gasteiger charge is -2.23. The van der Waals surface area contributed by atoms with E-state index in [9.17, 15) is 4.79 Å². The van der Waals surface area contributed by atoms with Crippen molar-refractivity contribution in [2.45, 2.75) is 25.7 Å². The Hall–Kier alpha value is -2.55. The van der Waals surface area contributed by atoms with Gasteiger partial charge in [-0.3, -0.25) is 4.79 Å². The fourth-order valence-corrected chi connectivity index (χ4v) is 2.93. The van der Waals surface area contributed by atoms with Crippen molar-refractivity contribution in [2.75, 3.05) is 11.9 Å². The van der Waals surface area contributed by atoms with Gasteiger partial charge in [0.15, 0.2) is 5.78 Å². The zero-order chi connectivity index (χ0) is 16.1. The molecule has 0 aliphatic heterocycles. The summed E-state index contributed by atoms with van der Waals surface area (Å²) in [7, 11) is 0. The number of anilines is 1. The second-order valence-electron chi connectivity index (χ2n) is 5.73. The van der Waals surface area contributed by atoms with Gasteiger partial charge in [-0.2, -0.15) is 0 Å². The quantitative estimate of drug-likeness (QED) is 0.882. The van der Waals surface area contributed by atoms with Crippen LogP contribution in [-0.2, 0) is 4.79 Å². The van der Waals surface area contributed by atoms with E-state index in [1.807, 2.05) is 49.4 Å². The van der Waals surface area contributed by atoms with Crippen molar-refractivity contribution in [1.82, 2.24) is 0 Å². The lowest BCUT2D eigenvalue weighted by molar-refractivity contribution is -0.115. The first kappa shape index (κ1) is 15.3. The summed E-state index contributed by atoms with van der Waals surface area (Å²) >= 11 is 0. The number of allylic oxidation sites excluding steroid dienone is 2. The largest absolute Gasteiger partial charge is 0.494 e. The first-order chi connectivity index (χ1) is 11.2. The number of carbonyl (C=O) groups excluding carboxylic acids is 1. The van der Waals surface area contributed by atoms with Crippen molar-refractivity contribution in [2.24, 2.45) is 0 Å². The zero-order valence-electron chi connectivity index (χ0n) is 13.3. The average molecular weight is 307 g/mol. The van der Waals surface area contributed by atoms with Crippen molar-refractivity contribution in [3.63, 3.8) is 0 Å². The number of rotatable bonds is 5. The third kappa shape index (κ3) is 4.01. The molecule has 118 valence electrons. The highest BCUT2D eigenvalue weighted by Gasteiger charge is 2.22. The van der Waals surface area contributed by atoms with Gasteiger partial charge in [-0.25, -0.2) is 0 Å². The van der Waals surface area contributed by atoms with Crippen LogP contribution in [0.4, 0.5) is 5.69 Å². The summed E-state index contributed by atoms with van der Waals surface area (Å²) < 4.78 is 5.45. The number of hydrogen-bond acceptors (Lipinski definition) is 3. The van der Waals surface area contributed by atoms with Crippen LogP contribution < -0.4 is 10.1 Å². The molecule has 0 bridgehead atoms. The lowest BCUT2D eigenvalue weighted by Crippen LogP contribution is -2.16. The zero-order valence-corrected chi connectivity index (χ0v) is 13.3. The van der Waals surface area contributed by atoms with Crippen molar-refractivity contribution in [1.29, 1.82) is 0 Å². The van der Waals surface area contributed by atoms with Crippen LogP contribution in [0.1, 0.15) is 31.2 Å². The van der Waals surface area contributed by atoms with Crippen molar-refractivity contribution < 1.29 is 9.53 Å². The number of hydrogen-bond donors (Lipinski definition) is 1. The van der Waals surface area contributed by atoms with Gasteiger partial charge in [0.2, 0.25) is 0 Å². The minimum absolute atomic E-state index is 0.179. The van der Waals surface area contributed by atoms with E-state index < -0.39 is 0 Å². The van der Waals surface area contributed by atoms with E-state index in [4.69, 9.17) is 4.74 Å². The standard InChI is InChI=1S/C20H21NO2/c1-2-23-20-10-8-17(9-11-20)21-18-12-16(13-19(22)14-18)15-6-4-3-5-7-15/h3-11,14,16,21H,2,12-13H2,1H3/t16-/m0/s1. The molecule has 0 fully saturated rings. The normalized spacial score (nSPS) is 17.5. The molecule has 0 aromatic heterocycles. The Morgan fingerprint density at radius 2 is 1.78 bits per heavy atom. The molecule has 0 spiro atoms. The van der Waals surface area contributed by atoms with Gasteiger partial charge in [0.25, 0.3) is 0 Å². The fourth-order valence-electron chi connectivity index (χ4n) is 2.93. The highest BCUT2D eigenvalue weighted by atomic mass is 16.5. The SMILES string of the molecule is CCOc1ccc(NC2=CC(=O)C[C@@H](c3ccccc3)C2)cc1. The van der Waals surface area contributed by atoms with Crippen LogP contribution in [0, 0.1) is 0 Å². The highest BCUT2D eigenvalue weighted by molar-refractivity contribution is 5.92. The van der Waals surface area contributed by atoms with E-state index in [-0.39, 0.29) is 11.7 Å². The summed E-state index contributed by atoms with van der Waals surface area (Å²) in [6.07, 6.45) is 3.16. The van der Waals surface area contributed by atoms with Crippen LogP contribution in [0.15, 0.2) is 66.4 Å². The summed E-state index contributed by atoms with van der Waals surface area (Å²) in [4.78, 5) is 12.1. The molecule has 1 atom stereocenters. The van der Waals surface area contributed by atoms with Gasteiger partial charge in [0.1, 0.15) is 5.75 Å². The van der Waals surface area contributed by atoms with Gasteiger partial charge in [-0.1, -0.05) is 30.3 Å². The van der Waals surface area contributed by atoms with Crippen LogP contribution >= 0.6 is 0 Å². The van der Waals surface area contributed by atoms with Crippen molar-refractivity contribution >= 4 is 11.5 Å². The number of ketones is 1. The van der Waals surface area contributed by atoms with E-state index in [1.54, 1.807) is 6.08 Å². The smallest absolute Gasteiger partial charge is 0.158 e. The van der Waals surface area contributed by atoms with E-state index in [0.29, 0.717) is 13.0 Å². The maximum atomic E-state index is 12.1. The Morgan fingerprint density at radius 1 is 1.04 bits per heavy atom. The first-order valence-corrected chi connectivity index (χ1v) is 8.03. The molecule has 0 saturated carbocycles. The molecule has 1 aliphatic carbocycles. The Labute approximate surface area is 137 Å². The number of nitrogens with one attached hydrogen (secondary N) is 1. The molecular weight excluding hydrogens is 286 g/mol. The van der Waals surface area contributed by atoms with Crippen LogP contribution in [-0.4, -0.2) is 12.4 Å². The fraction of sp³-hybridized carbons (Fsp3) is 0.250. The van der Waals surface area contributed by atoms with Gasteiger partial charge in [0.05, 0.1) is 6.61 Å². The highest BCUT2D eigenvalue weighted by Crippen LogP contribution is 2.32. The minimum Gasteiger partial charge on any atom is -0.494 e. The van der Waals surface area contributed by atoms with Crippen molar-refractivity contribution in [3.05, 3.63) is 71.9 Å². The Balaban J connectivity index is 1.71. The predicted octanol–water partition coefficient (Wildman–Crippen LogP) is 4.53. The number of ether oxygens (including phenoxy) is 1. The summed E-state index contributed by atoms with van der Waals surface area (Å²) in [5.41, 5.74) is 3.17. The summed E-state index contributed by atoms with van der Waals surface area (Å²) in [6, 6.07) is 18.1. The van der Waals surface area contributed by atoms with E-state index in [1.165, 1.54) is 5.56 Å². The van der Waals surface area contributed by atoms with Crippen LogP contribution in [0.2, 0.25) is 0 Å². The van der Waals surface area contributed by atoms with Crippen molar-refractivity contribution in [3.8, 4) is 5.75 Å². The molecule has 3 rings (SSSR count). The van der Waals surface area contributed by atoms with E-state index >= 15 is 0 Å². The Morgan fingerprint density at radius 3 is 2.48 bits per heavy atom. The summed E-state index contributed by atoms with van der Waals surface area (Å²) in [6.45, 7) is 2.62. The molecule has 23 heavy (non-hydrogen) atoms. The van der Waals surface area contributed by atoms with Crippen LogP contribution in [0.3, 0.4) is 0 Å². The molecule has 0 amide bonds. The van der Waals surface area contributed by atoms with E-state index in [0.717, 1.165) is 23.6 Å². The summed E-state index contributed by atoms with van der Waals surface area (Å²) in [5, 5.41) is 3.37. The Bertz CT molecular complexity index is 689. The molecule has 2 aromatic rings. The first-order valence-electron chi connectivity index (χ1n) is 8.03. The van der Waals surface area contributed by atoms with E-state index in [2.05, 4.69) is 17.4 Å². The maximum Gasteiger partial charge on any atom is 0.158 e. The van der Waals surface area contributed by atoms with Crippen LogP contribution in [0.5, 0.6) is 5.75 Å². The van der Waals surface area contributed by atoms with Gasteiger partial charge in [-0.15, -0.1) is 0 Å². The molecule has 1 N–H and O–H groups in total. The third-order valence-electron chi connectivity index (χ3n) is 3.99. The molecular formula is C20H21NO2. The molecule has 3 nitrogen and oxygen atoms in total. The second-order valence-corrected chi connectivity index (χ2v) is 5.73. The number of carbonyl (C=O) groups is 1. The van der Waals surface area contributed by atoms with Gasteiger partial charge in [-0.05, 0) is 49.1 Å². The molecule has 1 aliphatic rings. The van der Waals surface area contributed by atoms with Gasteiger partial charge in [0, 0.05) is 23.9 Å². The molecule has 0 heterocycles. The third-order valence-corrected chi connectivity index (χ3v) is 3.99. The monoisotopic (exact) mass is 307 g/mol. The molecule has 3 heteroatoms.